The van der Waals surface area contributed by atoms with Gasteiger partial charge in [0.2, 0.25) is 10.0 Å². The van der Waals surface area contributed by atoms with E-state index in [4.69, 9.17) is 5.73 Å². The monoisotopic (exact) mass is 285 g/mol. The number of aliphatic hydroxyl groups is 1. The summed E-state index contributed by atoms with van der Waals surface area (Å²) in [5.41, 5.74) is 6.30. The van der Waals surface area contributed by atoms with Crippen LogP contribution in [-0.4, -0.2) is 39.3 Å². The van der Waals surface area contributed by atoms with Crippen LogP contribution in [0.5, 0.6) is 0 Å². The molecule has 1 aromatic carbocycles. The third-order valence-electron chi connectivity index (χ3n) is 3.37. The van der Waals surface area contributed by atoms with Crippen LogP contribution < -0.4 is 15.4 Å². The van der Waals surface area contributed by atoms with Crippen molar-refractivity contribution in [3.63, 3.8) is 0 Å². The zero-order chi connectivity index (χ0) is 14.3. The van der Waals surface area contributed by atoms with Crippen molar-refractivity contribution in [1.82, 2.24) is 4.72 Å². The van der Waals surface area contributed by atoms with Crippen molar-refractivity contribution < 1.29 is 13.5 Å². The lowest BCUT2D eigenvalue weighted by Gasteiger charge is -2.23. The average molecular weight is 285 g/mol. The van der Waals surface area contributed by atoms with Gasteiger partial charge in [-0.05, 0) is 38.6 Å². The molecule has 6 nitrogen and oxygen atoms in total. The lowest BCUT2D eigenvalue weighted by atomic mass is 10.1. The van der Waals surface area contributed by atoms with E-state index < -0.39 is 15.6 Å². The van der Waals surface area contributed by atoms with Crippen LogP contribution in [0, 0.1) is 0 Å². The Balaban J connectivity index is 2.39. The molecule has 0 aromatic heterocycles. The maximum atomic E-state index is 11.8. The van der Waals surface area contributed by atoms with Crippen molar-refractivity contribution in [2.24, 2.45) is 0 Å². The Labute approximate surface area is 113 Å². The van der Waals surface area contributed by atoms with Gasteiger partial charge in [-0.2, -0.15) is 0 Å². The first-order valence-corrected chi connectivity index (χ1v) is 7.54. The summed E-state index contributed by atoms with van der Waals surface area (Å²) in [6.45, 7) is 2.86. The maximum Gasteiger partial charge on any atom is 0.240 e. The molecule has 1 heterocycles. The van der Waals surface area contributed by atoms with Crippen molar-refractivity contribution in [3.8, 4) is 0 Å². The fourth-order valence-electron chi connectivity index (χ4n) is 2.23. The van der Waals surface area contributed by atoms with Crippen molar-refractivity contribution in [2.45, 2.75) is 23.8 Å². The molecule has 1 aliphatic heterocycles. The van der Waals surface area contributed by atoms with E-state index in [1.807, 2.05) is 4.90 Å². The molecule has 0 radical (unpaired) electrons. The molecule has 2 rings (SSSR count). The Morgan fingerprint density at radius 1 is 1.47 bits per heavy atom. The Morgan fingerprint density at radius 3 is 2.68 bits per heavy atom. The molecule has 0 amide bonds. The highest BCUT2D eigenvalue weighted by Gasteiger charge is 2.32. The molecule has 19 heavy (non-hydrogen) atoms. The van der Waals surface area contributed by atoms with Gasteiger partial charge in [0.25, 0.3) is 0 Å². The summed E-state index contributed by atoms with van der Waals surface area (Å²) < 4.78 is 25.8. The minimum absolute atomic E-state index is 0.172. The van der Waals surface area contributed by atoms with Crippen molar-refractivity contribution in [2.75, 3.05) is 30.8 Å². The molecular weight excluding hydrogens is 266 g/mol. The van der Waals surface area contributed by atoms with E-state index in [1.54, 1.807) is 19.1 Å². The number of nitrogens with two attached hydrogens (primary N) is 1. The number of nitrogens with one attached hydrogen (secondary N) is 1. The second kappa shape index (κ2) is 4.66. The molecule has 1 aliphatic rings. The highest BCUT2D eigenvalue weighted by molar-refractivity contribution is 7.89. The molecule has 1 aromatic rings. The predicted octanol–water partition coefficient (Wildman–Crippen LogP) is 0.138. The molecule has 0 bridgehead atoms. The van der Waals surface area contributed by atoms with E-state index in [1.165, 1.54) is 13.1 Å². The van der Waals surface area contributed by atoms with E-state index in [0.29, 0.717) is 30.9 Å². The minimum atomic E-state index is -3.49. The molecule has 0 saturated carbocycles. The lowest BCUT2D eigenvalue weighted by molar-refractivity contribution is 0.0839. The summed E-state index contributed by atoms with van der Waals surface area (Å²) in [6, 6.07) is 4.59. The molecule has 0 spiro atoms. The molecule has 1 unspecified atom stereocenters. The number of rotatable bonds is 3. The number of hydrogen-bond acceptors (Lipinski definition) is 5. The van der Waals surface area contributed by atoms with Crippen LogP contribution in [0.15, 0.2) is 23.1 Å². The van der Waals surface area contributed by atoms with Gasteiger partial charge in [-0.15, -0.1) is 0 Å². The van der Waals surface area contributed by atoms with Crippen LogP contribution in [0.4, 0.5) is 11.4 Å². The van der Waals surface area contributed by atoms with Crippen LogP contribution in [0.1, 0.15) is 13.3 Å². The van der Waals surface area contributed by atoms with Gasteiger partial charge in [-0.25, -0.2) is 13.1 Å². The lowest BCUT2D eigenvalue weighted by Crippen LogP contribution is -2.30. The fourth-order valence-corrected chi connectivity index (χ4v) is 2.98. The van der Waals surface area contributed by atoms with Crippen LogP contribution in [0.3, 0.4) is 0 Å². The summed E-state index contributed by atoms with van der Waals surface area (Å²) in [5, 5.41) is 9.98. The molecule has 7 heteroatoms. The standard InChI is InChI=1S/C12H19N3O3S/c1-12(16)5-6-15(8-12)11-7-9(3-4-10(11)13)19(17,18)14-2/h3-4,7,14,16H,5-6,8,13H2,1-2H3. The number of nitrogens with zero attached hydrogens (tertiary/aromatic N) is 1. The summed E-state index contributed by atoms with van der Waals surface area (Å²) in [7, 11) is -2.12. The molecule has 106 valence electrons. The van der Waals surface area contributed by atoms with Gasteiger partial charge >= 0.3 is 0 Å². The third kappa shape index (κ3) is 2.83. The van der Waals surface area contributed by atoms with Crippen LogP contribution in [0.25, 0.3) is 0 Å². The Hall–Kier alpha value is -1.31. The number of anilines is 2. The van der Waals surface area contributed by atoms with Gasteiger partial charge in [-0.3, -0.25) is 0 Å². The first-order valence-electron chi connectivity index (χ1n) is 6.06. The first-order chi connectivity index (χ1) is 8.75. The normalized spacial score (nSPS) is 23.8. The Bertz CT molecular complexity index is 584. The average Bonchev–Trinajstić information content (AvgIpc) is 2.70. The van der Waals surface area contributed by atoms with Crippen molar-refractivity contribution in [3.05, 3.63) is 18.2 Å². The van der Waals surface area contributed by atoms with Gasteiger partial charge in [0, 0.05) is 13.1 Å². The van der Waals surface area contributed by atoms with Gasteiger partial charge < -0.3 is 15.7 Å². The fraction of sp³-hybridized carbons (Fsp3) is 0.500. The predicted molar refractivity (Wildman–Crippen MR) is 74.6 cm³/mol. The van der Waals surface area contributed by atoms with E-state index in [0.717, 1.165) is 0 Å². The number of benzene rings is 1. The van der Waals surface area contributed by atoms with Gasteiger partial charge in [0.15, 0.2) is 0 Å². The van der Waals surface area contributed by atoms with E-state index in [9.17, 15) is 13.5 Å². The molecule has 4 N–H and O–H groups in total. The summed E-state index contributed by atoms with van der Waals surface area (Å²) in [4.78, 5) is 2.08. The molecule has 1 atom stereocenters. The number of sulfonamides is 1. The zero-order valence-corrected chi connectivity index (χ0v) is 11.9. The smallest absolute Gasteiger partial charge is 0.240 e. The summed E-state index contributed by atoms with van der Waals surface area (Å²) >= 11 is 0. The van der Waals surface area contributed by atoms with Gasteiger partial charge in [0.05, 0.1) is 21.9 Å². The Kier molecular flexibility index (Phi) is 3.46. The number of nitrogen functional groups attached to an aromatic ring is 1. The second-order valence-corrected chi connectivity index (χ2v) is 6.98. The first kappa shape index (κ1) is 14.1. The van der Waals surface area contributed by atoms with Gasteiger partial charge in [-0.1, -0.05) is 0 Å². The summed E-state index contributed by atoms with van der Waals surface area (Å²) in [5.74, 6) is 0. The zero-order valence-electron chi connectivity index (χ0n) is 11.0. The molecular formula is C12H19N3O3S. The highest BCUT2D eigenvalue weighted by atomic mass is 32.2. The quantitative estimate of drug-likeness (QED) is 0.687. The van der Waals surface area contributed by atoms with Crippen LogP contribution in [-0.2, 0) is 10.0 Å². The topological polar surface area (TPSA) is 95.7 Å². The maximum absolute atomic E-state index is 11.8. The largest absolute Gasteiger partial charge is 0.397 e. The van der Waals surface area contributed by atoms with E-state index in [-0.39, 0.29) is 4.90 Å². The second-order valence-electron chi connectivity index (χ2n) is 5.10. The minimum Gasteiger partial charge on any atom is -0.397 e. The third-order valence-corrected chi connectivity index (χ3v) is 4.79. The Morgan fingerprint density at radius 2 is 2.16 bits per heavy atom. The van der Waals surface area contributed by atoms with Crippen molar-refractivity contribution in [1.29, 1.82) is 0 Å². The molecule has 0 aliphatic carbocycles. The van der Waals surface area contributed by atoms with E-state index in [2.05, 4.69) is 4.72 Å². The number of hydrogen-bond donors (Lipinski definition) is 3. The molecule has 1 saturated heterocycles. The highest BCUT2D eigenvalue weighted by Crippen LogP contribution is 2.32. The SMILES string of the molecule is CNS(=O)(=O)c1ccc(N)c(N2CCC(C)(O)C2)c1. The van der Waals surface area contributed by atoms with Crippen LogP contribution >= 0.6 is 0 Å². The van der Waals surface area contributed by atoms with Gasteiger partial charge in [0.1, 0.15) is 0 Å². The molecule has 1 fully saturated rings. The van der Waals surface area contributed by atoms with E-state index >= 15 is 0 Å². The summed E-state index contributed by atoms with van der Waals surface area (Å²) in [6.07, 6.45) is 0.634. The number of β-amino-alcohol motifs (C(OH)–C–C–N with tert-alkyl or cyclic N) is 1. The van der Waals surface area contributed by atoms with Crippen LogP contribution in [0.2, 0.25) is 0 Å². The van der Waals surface area contributed by atoms with Crippen molar-refractivity contribution >= 4 is 21.4 Å².